The van der Waals surface area contributed by atoms with E-state index in [1.54, 1.807) is 7.11 Å². The second kappa shape index (κ2) is 8.31. The first-order chi connectivity index (χ1) is 9.08. The molecule has 3 heteroatoms. The third-order valence-corrected chi connectivity index (χ3v) is 3.73. The van der Waals surface area contributed by atoms with Gasteiger partial charge in [0.15, 0.2) is 0 Å². The third-order valence-electron chi connectivity index (χ3n) is 3.73. The van der Waals surface area contributed by atoms with Crippen LogP contribution in [-0.2, 0) is 4.74 Å². The van der Waals surface area contributed by atoms with E-state index in [9.17, 15) is 0 Å². The highest BCUT2D eigenvalue weighted by Crippen LogP contribution is 2.15. The van der Waals surface area contributed by atoms with E-state index in [1.807, 2.05) is 0 Å². The second-order valence-electron chi connectivity index (χ2n) is 5.26. The third kappa shape index (κ3) is 5.31. The lowest BCUT2D eigenvalue weighted by molar-refractivity contribution is 0.118. The SMILES string of the molecule is CCC(C)N(CCOC)CC(N)c1ccc(C)cc1. The van der Waals surface area contributed by atoms with Crippen molar-refractivity contribution in [2.45, 2.75) is 39.3 Å². The summed E-state index contributed by atoms with van der Waals surface area (Å²) in [7, 11) is 1.74. The zero-order chi connectivity index (χ0) is 14.3. The Kier molecular flexibility index (Phi) is 7.06. The van der Waals surface area contributed by atoms with Crippen molar-refractivity contribution in [2.24, 2.45) is 5.73 Å². The number of benzene rings is 1. The average Bonchev–Trinajstić information content (AvgIpc) is 2.43. The Hall–Kier alpha value is -0.900. The summed E-state index contributed by atoms with van der Waals surface area (Å²) in [5.74, 6) is 0. The minimum absolute atomic E-state index is 0.0615. The van der Waals surface area contributed by atoms with E-state index < -0.39 is 0 Å². The number of ether oxygens (including phenoxy) is 1. The zero-order valence-corrected chi connectivity index (χ0v) is 12.7. The number of aryl methyl sites for hydroxylation is 1. The Morgan fingerprint density at radius 2 is 1.89 bits per heavy atom. The summed E-state index contributed by atoms with van der Waals surface area (Å²) in [6, 6.07) is 9.10. The minimum atomic E-state index is 0.0615. The van der Waals surface area contributed by atoms with Crippen molar-refractivity contribution in [1.29, 1.82) is 0 Å². The predicted molar refractivity (Wildman–Crippen MR) is 81.3 cm³/mol. The molecule has 108 valence electrons. The molecule has 3 nitrogen and oxygen atoms in total. The number of methoxy groups -OCH3 is 1. The molecule has 0 radical (unpaired) electrons. The highest BCUT2D eigenvalue weighted by atomic mass is 16.5. The summed E-state index contributed by atoms with van der Waals surface area (Å²) in [5.41, 5.74) is 8.80. The van der Waals surface area contributed by atoms with Crippen LogP contribution < -0.4 is 5.73 Å². The van der Waals surface area contributed by atoms with E-state index in [2.05, 4.69) is 49.9 Å². The van der Waals surface area contributed by atoms with Crippen LogP contribution in [0.15, 0.2) is 24.3 Å². The normalized spacial score (nSPS) is 14.6. The van der Waals surface area contributed by atoms with E-state index in [0.29, 0.717) is 6.04 Å². The molecule has 2 atom stereocenters. The summed E-state index contributed by atoms with van der Waals surface area (Å²) >= 11 is 0. The molecule has 1 aromatic rings. The maximum Gasteiger partial charge on any atom is 0.0589 e. The fourth-order valence-corrected chi connectivity index (χ4v) is 2.13. The molecule has 0 saturated heterocycles. The molecule has 19 heavy (non-hydrogen) atoms. The fraction of sp³-hybridized carbons (Fsp3) is 0.625. The molecule has 0 aliphatic carbocycles. The van der Waals surface area contributed by atoms with Crippen LogP contribution in [0.1, 0.15) is 37.4 Å². The van der Waals surface area contributed by atoms with Crippen molar-refractivity contribution in [3.8, 4) is 0 Å². The molecular formula is C16H28N2O. The molecule has 1 rings (SSSR count). The number of hydrogen-bond acceptors (Lipinski definition) is 3. The highest BCUT2D eigenvalue weighted by molar-refractivity contribution is 5.24. The molecule has 0 saturated carbocycles. The molecule has 0 heterocycles. The van der Waals surface area contributed by atoms with Crippen LogP contribution in [0.25, 0.3) is 0 Å². The first-order valence-corrected chi connectivity index (χ1v) is 7.13. The van der Waals surface area contributed by atoms with Gasteiger partial charge >= 0.3 is 0 Å². The standard InChI is InChI=1S/C16H28N2O/c1-5-14(3)18(10-11-19-4)12-16(17)15-8-6-13(2)7-9-15/h6-9,14,16H,5,10-12,17H2,1-4H3. The fourth-order valence-electron chi connectivity index (χ4n) is 2.13. The van der Waals surface area contributed by atoms with Crippen LogP contribution in [0.4, 0.5) is 0 Å². The maximum absolute atomic E-state index is 6.33. The molecule has 0 aromatic heterocycles. The Morgan fingerprint density at radius 1 is 1.26 bits per heavy atom. The van der Waals surface area contributed by atoms with Crippen LogP contribution in [0, 0.1) is 6.92 Å². The lowest BCUT2D eigenvalue weighted by atomic mass is 10.0. The van der Waals surface area contributed by atoms with Crippen LogP contribution in [0.3, 0.4) is 0 Å². The summed E-state index contributed by atoms with van der Waals surface area (Å²) in [6.07, 6.45) is 1.13. The largest absolute Gasteiger partial charge is 0.383 e. The number of rotatable bonds is 8. The predicted octanol–water partition coefficient (Wildman–Crippen LogP) is 2.74. The van der Waals surface area contributed by atoms with Crippen molar-refractivity contribution < 1.29 is 4.74 Å². The van der Waals surface area contributed by atoms with E-state index in [-0.39, 0.29) is 6.04 Å². The zero-order valence-electron chi connectivity index (χ0n) is 12.7. The molecule has 0 amide bonds. The lowest BCUT2D eigenvalue weighted by Crippen LogP contribution is -2.40. The van der Waals surface area contributed by atoms with Crippen molar-refractivity contribution in [3.63, 3.8) is 0 Å². The lowest BCUT2D eigenvalue weighted by Gasteiger charge is -2.30. The Labute approximate surface area is 117 Å². The van der Waals surface area contributed by atoms with Crippen LogP contribution in [-0.4, -0.2) is 37.7 Å². The van der Waals surface area contributed by atoms with E-state index in [4.69, 9.17) is 10.5 Å². The molecule has 1 aromatic carbocycles. The smallest absolute Gasteiger partial charge is 0.0589 e. The number of nitrogens with zero attached hydrogens (tertiary/aromatic N) is 1. The van der Waals surface area contributed by atoms with E-state index in [1.165, 1.54) is 11.1 Å². The first-order valence-electron chi connectivity index (χ1n) is 7.13. The average molecular weight is 264 g/mol. The Morgan fingerprint density at radius 3 is 2.42 bits per heavy atom. The minimum Gasteiger partial charge on any atom is -0.383 e. The number of nitrogens with two attached hydrogens (primary N) is 1. The van der Waals surface area contributed by atoms with Gasteiger partial charge in [-0.1, -0.05) is 36.8 Å². The summed E-state index contributed by atoms with van der Waals surface area (Å²) < 4.78 is 5.19. The van der Waals surface area contributed by atoms with Gasteiger partial charge in [0.2, 0.25) is 0 Å². The van der Waals surface area contributed by atoms with Gasteiger partial charge in [-0.25, -0.2) is 0 Å². The van der Waals surface area contributed by atoms with Crippen molar-refractivity contribution >= 4 is 0 Å². The van der Waals surface area contributed by atoms with Gasteiger partial charge in [-0.15, -0.1) is 0 Å². The quantitative estimate of drug-likeness (QED) is 0.784. The molecule has 0 spiro atoms. The molecule has 2 unspecified atom stereocenters. The topological polar surface area (TPSA) is 38.5 Å². The van der Waals surface area contributed by atoms with Gasteiger partial charge in [0.25, 0.3) is 0 Å². The summed E-state index contributed by atoms with van der Waals surface area (Å²) in [4.78, 5) is 2.41. The van der Waals surface area contributed by atoms with Crippen LogP contribution >= 0.6 is 0 Å². The van der Waals surface area contributed by atoms with Gasteiger partial charge in [-0.3, -0.25) is 4.90 Å². The molecular weight excluding hydrogens is 236 g/mol. The van der Waals surface area contributed by atoms with Gasteiger partial charge in [-0.05, 0) is 25.8 Å². The maximum atomic E-state index is 6.33. The van der Waals surface area contributed by atoms with Crippen LogP contribution in [0.5, 0.6) is 0 Å². The molecule has 0 bridgehead atoms. The Balaban J connectivity index is 2.63. The van der Waals surface area contributed by atoms with E-state index in [0.717, 1.165) is 26.1 Å². The number of hydrogen-bond donors (Lipinski definition) is 1. The van der Waals surface area contributed by atoms with Crippen molar-refractivity contribution in [1.82, 2.24) is 4.90 Å². The molecule has 0 aliphatic rings. The molecule has 0 aliphatic heterocycles. The van der Waals surface area contributed by atoms with Gasteiger partial charge in [0, 0.05) is 32.3 Å². The van der Waals surface area contributed by atoms with Crippen LogP contribution in [0.2, 0.25) is 0 Å². The summed E-state index contributed by atoms with van der Waals surface area (Å²) in [5, 5.41) is 0. The summed E-state index contributed by atoms with van der Waals surface area (Å²) in [6.45, 7) is 9.12. The molecule has 2 N–H and O–H groups in total. The highest BCUT2D eigenvalue weighted by Gasteiger charge is 2.16. The molecule has 0 fully saturated rings. The monoisotopic (exact) mass is 264 g/mol. The van der Waals surface area contributed by atoms with Crippen molar-refractivity contribution in [2.75, 3.05) is 26.8 Å². The Bertz CT molecular complexity index is 350. The van der Waals surface area contributed by atoms with Gasteiger partial charge < -0.3 is 10.5 Å². The first kappa shape index (κ1) is 16.2. The van der Waals surface area contributed by atoms with Crippen molar-refractivity contribution in [3.05, 3.63) is 35.4 Å². The van der Waals surface area contributed by atoms with Gasteiger partial charge in [0.05, 0.1) is 6.61 Å². The second-order valence-corrected chi connectivity index (χ2v) is 5.26. The van der Waals surface area contributed by atoms with Gasteiger partial charge in [-0.2, -0.15) is 0 Å². The van der Waals surface area contributed by atoms with Gasteiger partial charge in [0.1, 0.15) is 0 Å². The van der Waals surface area contributed by atoms with E-state index >= 15 is 0 Å².